The minimum atomic E-state index is -1.23. The summed E-state index contributed by atoms with van der Waals surface area (Å²) in [6.45, 7) is 3.35. The van der Waals surface area contributed by atoms with Gasteiger partial charge in [0.1, 0.15) is 11.9 Å². The normalized spacial score (nSPS) is 23.0. The molecule has 0 saturated carbocycles. The fourth-order valence-corrected chi connectivity index (χ4v) is 5.49. The zero-order chi connectivity index (χ0) is 25.7. The van der Waals surface area contributed by atoms with Gasteiger partial charge in [0.15, 0.2) is 11.6 Å². The summed E-state index contributed by atoms with van der Waals surface area (Å²) in [5, 5.41) is 5.50. The molecule has 2 bridgehead atoms. The van der Waals surface area contributed by atoms with E-state index < -0.39 is 29.5 Å². The number of piperidine rings is 1. The van der Waals surface area contributed by atoms with Gasteiger partial charge in [-0.15, -0.1) is 0 Å². The topological polar surface area (TPSA) is 105 Å². The molecule has 0 radical (unpaired) electrons. The molecule has 1 aromatic carbocycles. The predicted octanol–water partition coefficient (Wildman–Crippen LogP) is 2.55. The third-order valence-electron chi connectivity index (χ3n) is 7.14. The van der Waals surface area contributed by atoms with Crippen LogP contribution in [0.4, 0.5) is 13.2 Å². The number of amides is 3. The van der Waals surface area contributed by atoms with E-state index in [2.05, 4.69) is 10.6 Å². The molecule has 5 atom stereocenters. The van der Waals surface area contributed by atoms with Gasteiger partial charge in [-0.25, -0.2) is 13.2 Å². The number of benzene rings is 1. The van der Waals surface area contributed by atoms with E-state index in [4.69, 9.17) is 5.73 Å². The molecule has 4 N–H and O–H groups in total. The zero-order valence-electron chi connectivity index (χ0n) is 20.3. The van der Waals surface area contributed by atoms with Crippen LogP contribution < -0.4 is 16.4 Å². The van der Waals surface area contributed by atoms with Crippen molar-refractivity contribution >= 4 is 17.7 Å². The van der Waals surface area contributed by atoms with Gasteiger partial charge in [0.2, 0.25) is 17.7 Å². The van der Waals surface area contributed by atoms with E-state index in [9.17, 15) is 27.6 Å². The molecule has 194 valence electrons. The maximum atomic E-state index is 14.1. The van der Waals surface area contributed by atoms with E-state index in [-0.39, 0.29) is 47.7 Å². The second-order valence-corrected chi connectivity index (χ2v) is 9.82. The van der Waals surface area contributed by atoms with Gasteiger partial charge >= 0.3 is 0 Å². The average molecular weight is 497 g/mol. The molecule has 35 heavy (non-hydrogen) atoms. The van der Waals surface area contributed by atoms with Crippen molar-refractivity contribution in [3.8, 4) is 0 Å². The Hall–Kier alpha value is -2.62. The zero-order valence-corrected chi connectivity index (χ0v) is 20.3. The Balaban J connectivity index is 1.61. The van der Waals surface area contributed by atoms with E-state index >= 15 is 0 Å². The lowest BCUT2D eigenvalue weighted by Gasteiger charge is -2.42. The molecular weight excluding hydrogens is 461 g/mol. The molecule has 1 aromatic rings. The standard InChI is InChI=1S/C25H35F3N4O3/c1-14(33)30-8-4-3-5-24(31-15(2)34)25(35)32-18-6-7-19(32)10-17(9-18)23(29)12-16-11-21(27)22(28)13-20(16)26/h11,13,17-19,23-24H,3-10,12,29H2,1-2H3,(H,30,33)(H,31,34)/t17?,18-,19?,23+,24?/m0/s1. The molecule has 3 rings (SSSR count). The van der Waals surface area contributed by atoms with Crippen LogP contribution in [0.3, 0.4) is 0 Å². The monoisotopic (exact) mass is 496 g/mol. The van der Waals surface area contributed by atoms with Crippen molar-refractivity contribution in [1.82, 2.24) is 15.5 Å². The Morgan fingerprint density at radius 3 is 2.23 bits per heavy atom. The van der Waals surface area contributed by atoms with Gasteiger partial charge in [0, 0.05) is 44.6 Å². The van der Waals surface area contributed by atoms with Crippen molar-refractivity contribution in [2.75, 3.05) is 6.54 Å². The molecular formula is C25H35F3N4O3. The van der Waals surface area contributed by atoms with Crippen LogP contribution in [-0.2, 0) is 20.8 Å². The summed E-state index contributed by atoms with van der Waals surface area (Å²) in [5.41, 5.74) is 6.43. The number of carbonyl (C=O) groups is 3. The highest BCUT2D eigenvalue weighted by atomic mass is 19.2. The van der Waals surface area contributed by atoms with Crippen LogP contribution in [-0.4, -0.2) is 53.3 Å². The first kappa shape index (κ1) is 27.0. The highest BCUT2D eigenvalue weighted by Crippen LogP contribution is 2.40. The van der Waals surface area contributed by atoms with Crippen LogP contribution in [0.1, 0.15) is 64.4 Å². The van der Waals surface area contributed by atoms with Crippen molar-refractivity contribution < 1.29 is 27.6 Å². The first-order valence-corrected chi connectivity index (χ1v) is 12.3. The number of fused-ring (bicyclic) bond motifs is 2. The van der Waals surface area contributed by atoms with Crippen molar-refractivity contribution in [3.63, 3.8) is 0 Å². The minimum Gasteiger partial charge on any atom is -0.356 e. The third-order valence-corrected chi connectivity index (χ3v) is 7.14. The number of unbranched alkanes of at least 4 members (excludes halogenated alkanes) is 1. The van der Waals surface area contributed by atoms with Gasteiger partial charge in [-0.3, -0.25) is 14.4 Å². The van der Waals surface area contributed by atoms with Crippen molar-refractivity contribution in [2.45, 2.75) is 89.4 Å². The van der Waals surface area contributed by atoms with Gasteiger partial charge in [0.25, 0.3) is 0 Å². The second-order valence-electron chi connectivity index (χ2n) is 9.82. The van der Waals surface area contributed by atoms with Gasteiger partial charge in [-0.2, -0.15) is 0 Å². The molecule has 3 unspecified atom stereocenters. The first-order chi connectivity index (χ1) is 16.6. The summed E-state index contributed by atoms with van der Waals surface area (Å²) in [6.07, 6.45) is 4.88. The summed E-state index contributed by atoms with van der Waals surface area (Å²) < 4.78 is 40.9. The fraction of sp³-hybridized carbons (Fsp3) is 0.640. The summed E-state index contributed by atoms with van der Waals surface area (Å²) >= 11 is 0. The SMILES string of the molecule is CC(=O)NCCCCC(NC(C)=O)C(=O)N1C2CC[C@H]1CC([C@H](N)Cc1cc(F)c(F)cc1F)C2. The first-order valence-electron chi connectivity index (χ1n) is 12.3. The second kappa shape index (κ2) is 11.9. The lowest BCUT2D eigenvalue weighted by Crippen LogP contribution is -2.56. The molecule has 2 saturated heterocycles. The molecule has 2 heterocycles. The highest BCUT2D eigenvalue weighted by Gasteiger charge is 2.46. The van der Waals surface area contributed by atoms with Crippen LogP contribution in [0.2, 0.25) is 0 Å². The molecule has 3 amide bonds. The molecule has 0 spiro atoms. The Bertz CT molecular complexity index is 931. The minimum absolute atomic E-state index is 0.0148. The van der Waals surface area contributed by atoms with E-state index in [0.717, 1.165) is 18.9 Å². The number of carbonyl (C=O) groups excluding carboxylic acids is 3. The number of rotatable bonds is 10. The summed E-state index contributed by atoms with van der Waals surface area (Å²) in [7, 11) is 0. The average Bonchev–Trinajstić information content (AvgIpc) is 3.04. The lowest BCUT2D eigenvalue weighted by molar-refractivity contribution is -0.141. The Morgan fingerprint density at radius 1 is 1.00 bits per heavy atom. The van der Waals surface area contributed by atoms with E-state index in [0.29, 0.717) is 44.7 Å². The maximum Gasteiger partial charge on any atom is 0.245 e. The summed E-state index contributed by atoms with van der Waals surface area (Å²) in [5.74, 6) is -3.62. The molecule has 2 aliphatic heterocycles. The fourth-order valence-electron chi connectivity index (χ4n) is 5.49. The maximum absolute atomic E-state index is 14.1. The number of halogens is 3. The summed E-state index contributed by atoms with van der Waals surface area (Å²) in [6, 6.07) is 0.275. The molecule has 7 nitrogen and oxygen atoms in total. The molecule has 10 heteroatoms. The molecule has 2 fully saturated rings. The van der Waals surface area contributed by atoms with Crippen LogP contribution >= 0.6 is 0 Å². The Kier molecular flexibility index (Phi) is 9.15. The van der Waals surface area contributed by atoms with Crippen LogP contribution in [0.15, 0.2) is 12.1 Å². The third kappa shape index (κ3) is 6.96. The van der Waals surface area contributed by atoms with Crippen LogP contribution in [0, 0.1) is 23.4 Å². The van der Waals surface area contributed by atoms with Crippen LogP contribution in [0.25, 0.3) is 0 Å². The largest absolute Gasteiger partial charge is 0.356 e. The van der Waals surface area contributed by atoms with Gasteiger partial charge in [-0.05, 0) is 68.9 Å². The molecule has 0 aliphatic carbocycles. The van der Waals surface area contributed by atoms with Gasteiger partial charge < -0.3 is 21.3 Å². The Labute approximate surface area is 204 Å². The lowest BCUT2D eigenvalue weighted by atomic mass is 9.82. The smallest absolute Gasteiger partial charge is 0.245 e. The summed E-state index contributed by atoms with van der Waals surface area (Å²) in [4.78, 5) is 38.1. The molecule has 2 aliphatic rings. The number of nitrogens with two attached hydrogens (primary N) is 1. The number of hydrogen-bond donors (Lipinski definition) is 3. The van der Waals surface area contributed by atoms with Crippen molar-refractivity contribution in [2.24, 2.45) is 11.7 Å². The number of nitrogens with one attached hydrogen (secondary N) is 2. The number of hydrogen-bond acceptors (Lipinski definition) is 4. The predicted molar refractivity (Wildman–Crippen MR) is 125 cm³/mol. The quantitative estimate of drug-likeness (QED) is 0.342. The highest BCUT2D eigenvalue weighted by molar-refractivity contribution is 5.87. The molecule has 0 aromatic heterocycles. The van der Waals surface area contributed by atoms with E-state index in [1.807, 2.05) is 4.90 Å². The van der Waals surface area contributed by atoms with Gasteiger partial charge in [-0.1, -0.05) is 0 Å². The van der Waals surface area contributed by atoms with Crippen molar-refractivity contribution in [3.05, 3.63) is 35.1 Å². The van der Waals surface area contributed by atoms with E-state index in [1.54, 1.807) is 0 Å². The van der Waals surface area contributed by atoms with E-state index in [1.165, 1.54) is 13.8 Å². The van der Waals surface area contributed by atoms with Gasteiger partial charge in [0.05, 0.1) is 0 Å². The number of nitrogens with zero attached hydrogens (tertiary/aromatic N) is 1. The van der Waals surface area contributed by atoms with Crippen molar-refractivity contribution in [1.29, 1.82) is 0 Å². The Morgan fingerprint density at radius 2 is 1.63 bits per heavy atom. The van der Waals surface area contributed by atoms with Crippen LogP contribution in [0.5, 0.6) is 0 Å².